The van der Waals surface area contributed by atoms with Crippen molar-refractivity contribution in [1.29, 1.82) is 5.26 Å². The molecule has 0 saturated heterocycles. The van der Waals surface area contributed by atoms with Crippen molar-refractivity contribution in [2.45, 2.75) is 13.8 Å². The fourth-order valence-electron chi connectivity index (χ4n) is 3.10. The zero-order valence-electron chi connectivity index (χ0n) is 16.6. The van der Waals surface area contributed by atoms with Crippen molar-refractivity contribution in [2.24, 2.45) is 0 Å². The minimum absolute atomic E-state index is 0.340. The Bertz CT molecular complexity index is 1090. The number of ether oxygens (including phenoxy) is 2. The number of methoxy groups -OCH3 is 1. The van der Waals surface area contributed by atoms with Crippen LogP contribution in [0.1, 0.15) is 22.9 Å². The minimum Gasteiger partial charge on any atom is -0.497 e. The summed E-state index contributed by atoms with van der Waals surface area (Å²) >= 11 is 1.56. The summed E-state index contributed by atoms with van der Waals surface area (Å²) in [6.45, 7) is 4.11. The van der Waals surface area contributed by atoms with Gasteiger partial charge in [0.2, 0.25) is 0 Å². The Balaban J connectivity index is 2.14. The summed E-state index contributed by atoms with van der Waals surface area (Å²) in [5.74, 6) is 0.428. The molecule has 5 heteroatoms. The molecule has 0 fully saturated rings. The molecular formula is C24H21NO3S. The van der Waals surface area contributed by atoms with E-state index >= 15 is 0 Å². The molecule has 3 aromatic rings. The second-order valence-corrected chi connectivity index (χ2v) is 7.26. The number of benzene rings is 2. The van der Waals surface area contributed by atoms with Gasteiger partial charge >= 0.3 is 5.97 Å². The number of nitrogens with zero attached hydrogens (tertiary/aromatic N) is 1. The quantitative estimate of drug-likeness (QED) is 0.383. The lowest BCUT2D eigenvalue weighted by molar-refractivity contribution is -0.137. The molecule has 1 heterocycles. The summed E-state index contributed by atoms with van der Waals surface area (Å²) in [5, 5.41) is 11.3. The first-order valence-electron chi connectivity index (χ1n) is 9.19. The number of carbonyl (C=O) groups is 1. The van der Waals surface area contributed by atoms with Crippen LogP contribution in [-0.4, -0.2) is 19.7 Å². The Morgan fingerprint density at radius 2 is 1.93 bits per heavy atom. The number of nitriles is 1. The topological polar surface area (TPSA) is 59.3 Å². The van der Waals surface area contributed by atoms with Crippen molar-refractivity contribution in [1.82, 2.24) is 0 Å². The lowest BCUT2D eigenvalue weighted by atomic mass is 9.93. The lowest BCUT2D eigenvalue weighted by Crippen LogP contribution is -1.98. The van der Waals surface area contributed by atoms with Crippen LogP contribution in [-0.2, 0) is 9.53 Å². The van der Waals surface area contributed by atoms with Crippen LogP contribution in [0.4, 0.5) is 0 Å². The summed E-state index contributed by atoms with van der Waals surface area (Å²) in [7, 11) is 1.64. The van der Waals surface area contributed by atoms with Crippen LogP contribution in [0.3, 0.4) is 0 Å². The molecule has 0 atom stereocenters. The van der Waals surface area contributed by atoms with Crippen molar-refractivity contribution in [3.05, 3.63) is 69.9 Å². The van der Waals surface area contributed by atoms with Gasteiger partial charge in [0.25, 0.3) is 0 Å². The fraction of sp³-hybridized carbons (Fsp3) is 0.167. The molecule has 2 aromatic carbocycles. The Kier molecular flexibility index (Phi) is 6.48. The summed E-state index contributed by atoms with van der Waals surface area (Å²) in [5.41, 5.74) is 5.80. The van der Waals surface area contributed by atoms with Gasteiger partial charge in [0.15, 0.2) is 0 Å². The van der Waals surface area contributed by atoms with Gasteiger partial charge in [-0.2, -0.15) is 5.26 Å². The lowest BCUT2D eigenvalue weighted by Gasteiger charge is -2.11. The third-order valence-electron chi connectivity index (χ3n) is 4.50. The van der Waals surface area contributed by atoms with Gasteiger partial charge in [0.05, 0.1) is 25.3 Å². The minimum atomic E-state index is -0.366. The largest absolute Gasteiger partial charge is 0.497 e. The third kappa shape index (κ3) is 4.56. The van der Waals surface area contributed by atoms with E-state index < -0.39 is 0 Å². The van der Waals surface area contributed by atoms with Crippen LogP contribution < -0.4 is 4.74 Å². The van der Waals surface area contributed by atoms with Crippen LogP contribution in [0.15, 0.2) is 53.9 Å². The highest BCUT2D eigenvalue weighted by molar-refractivity contribution is 7.12. The molecule has 0 aliphatic carbocycles. The van der Waals surface area contributed by atoms with Gasteiger partial charge in [0.1, 0.15) is 5.75 Å². The second-order valence-electron chi connectivity index (χ2n) is 6.34. The zero-order valence-corrected chi connectivity index (χ0v) is 17.4. The van der Waals surface area contributed by atoms with E-state index in [2.05, 4.69) is 11.4 Å². The highest BCUT2D eigenvalue weighted by atomic mass is 32.1. The molecule has 0 N–H and O–H groups in total. The van der Waals surface area contributed by atoms with Crippen LogP contribution in [0.2, 0.25) is 0 Å². The van der Waals surface area contributed by atoms with Gasteiger partial charge in [-0.25, -0.2) is 4.79 Å². The van der Waals surface area contributed by atoms with Crippen LogP contribution >= 0.6 is 11.3 Å². The highest BCUT2D eigenvalue weighted by Gasteiger charge is 2.16. The van der Waals surface area contributed by atoms with Crippen LogP contribution in [0.25, 0.3) is 28.3 Å². The number of aryl methyl sites for hydroxylation is 1. The van der Waals surface area contributed by atoms with E-state index in [1.54, 1.807) is 31.4 Å². The van der Waals surface area contributed by atoms with E-state index in [9.17, 15) is 10.1 Å². The maximum atomic E-state index is 11.8. The predicted octanol–water partition coefficient (Wildman–Crippen LogP) is 5.85. The summed E-state index contributed by atoms with van der Waals surface area (Å²) in [6, 6.07) is 15.7. The molecule has 0 saturated carbocycles. The molecule has 1 aromatic heterocycles. The Hall–Kier alpha value is -3.36. The first-order chi connectivity index (χ1) is 14.1. The molecule has 0 spiro atoms. The van der Waals surface area contributed by atoms with E-state index in [4.69, 9.17) is 9.47 Å². The average Bonchev–Trinajstić information content (AvgIpc) is 3.16. The molecule has 4 nitrogen and oxygen atoms in total. The molecule has 0 radical (unpaired) electrons. The number of hydrogen-bond acceptors (Lipinski definition) is 5. The maximum absolute atomic E-state index is 11.8. The SMILES string of the molecule is CCOC(=O)/C=C/c1scc(-c2ccc(OC)cc2)c1-c1ccc(C#N)cc1C. The number of esters is 1. The van der Waals surface area contributed by atoms with E-state index in [-0.39, 0.29) is 5.97 Å². The van der Waals surface area contributed by atoms with Gasteiger partial charge in [0, 0.05) is 22.1 Å². The standard InChI is InChI=1S/C24H21NO3S/c1-4-28-23(26)12-11-22-24(20-10-5-17(14-25)13-16(20)2)21(15-29-22)18-6-8-19(27-3)9-7-18/h5-13,15H,4H2,1-3H3/b12-11+. The van der Waals surface area contributed by atoms with Crippen molar-refractivity contribution >= 4 is 23.4 Å². The van der Waals surface area contributed by atoms with Gasteiger partial charge in [-0.15, -0.1) is 11.3 Å². The van der Waals surface area contributed by atoms with E-state index in [0.717, 1.165) is 38.4 Å². The smallest absolute Gasteiger partial charge is 0.330 e. The Morgan fingerprint density at radius 3 is 2.55 bits per heavy atom. The number of rotatable bonds is 6. The molecule has 0 aliphatic rings. The first-order valence-corrected chi connectivity index (χ1v) is 10.1. The molecular weight excluding hydrogens is 382 g/mol. The van der Waals surface area contributed by atoms with Gasteiger partial charge in [-0.1, -0.05) is 18.2 Å². The third-order valence-corrected chi connectivity index (χ3v) is 5.45. The molecule has 29 heavy (non-hydrogen) atoms. The Labute approximate surface area is 174 Å². The number of thiophene rings is 1. The van der Waals surface area contributed by atoms with Crippen LogP contribution in [0, 0.1) is 18.3 Å². The van der Waals surface area contributed by atoms with Crippen molar-refractivity contribution < 1.29 is 14.3 Å². The Morgan fingerprint density at radius 1 is 1.17 bits per heavy atom. The van der Waals surface area contributed by atoms with Gasteiger partial charge in [-0.3, -0.25) is 0 Å². The van der Waals surface area contributed by atoms with Crippen molar-refractivity contribution in [3.63, 3.8) is 0 Å². The molecule has 0 unspecified atom stereocenters. The molecule has 3 rings (SSSR count). The molecule has 0 amide bonds. The van der Waals surface area contributed by atoms with E-state index in [1.165, 1.54) is 6.08 Å². The molecule has 146 valence electrons. The summed E-state index contributed by atoms with van der Waals surface area (Å²) < 4.78 is 10.3. The fourth-order valence-corrected chi connectivity index (χ4v) is 4.09. The van der Waals surface area contributed by atoms with E-state index in [0.29, 0.717) is 12.2 Å². The highest BCUT2D eigenvalue weighted by Crippen LogP contribution is 2.42. The van der Waals surface area contributed by atoms with E-state index in [1.807, 2.05) is 49.4 Å². The maximum Gasteiger partial charge on any atom is 0.330 e. The predicted molar refractivity (Wildman–Crippen MR) is 117 cm³/mol. The molecule has 0 aliphatic heterocycles. The first kappa shape index (κ1) is 20.4. The van der Waals surface area contributed by atoms with Gasteiger partial charge in [-0.05, 0) is 66.3 Å². The average molecular weight is 404 g/mol. The number of carbonyl (C=O) groups excluding carboxylic acids is 1. The monoisotopic (exact) mass is 403 g/mol. The normalized spacial score (nSPS) is 10.7. The van der Waals surface area contributed by atoms with Crippen molar-refractivity contribution in [3.8, 4) is 34.1 Å². The zero-order chi connectivity index (χ0) is 20.8. The van der Waals surface area contributed by atoms with Gasteiger partial charge < -0.3 is 9.47 Å². The molecule has 0 bridgehead atoms. The van der Waals surface area contributed by atoms with Crippen molar-refractivity contribution in [2.75, 3.05) is 13.7 Å². The summed E-state index contributed by atoms with van der Waals surface area (Å²) in [4.78, 5) is 12.8. The number of hydrogen-bond donors (Lipinski definition) is 0. The second kappa shape index (κ2) is 9.22. The summed E-state index contributed by atoms with van der Waals surface area (Å²) in [6.07, 6.45) is 3.25. The van der Waals surface area contributed by atoms with Crippen LogP contribution in [0.5, 0.6) is 5.75 Å².